The predicted octanol–water partition coefficient (Wildman–Crippen LogP) is 3.90. The molecule has 0 fully saturated rings. The van der Waals surface area contributed by atoms with E-state index in [0.29, 0.717) is 5.69 Å². The first-order valence-electron chi connectivity index (χ1n) is 8.28. The van der Waals surface area contributed by atoms with Gasteiger partial charge in [0.2, 0.25) is 11.8 Å². The van der Waals surface area contributed by atoms with Gasteiger partial charge in [0.1, 0.15) is 0 Å². The molecular weight excluding hydrogens is 312 g/mol. The van der Waals surface area contributed by atoms with Crippen molar-refractivity contribution < 1.29 is 9.59 Å². The molecule has 0 saturated heterocycles. The van der Waals surface area contributed by atoms with Crippen LogP contribution in [-0.2, 0) is 15.0 Å². The monoisotopic (exact) mass is 334 g/mol. The minimum atomic E-state index is -0.588. The number of aryl methyl sites for hydroxylation is 1. The van der Waals surface area contributed by atoms with Gasteiger partial charge in [-0.3, -0.25) is 9.59 Å². The molecular formula is C21H22N2O2. The fraction of sp³-hybridized carbons (Fsp3) is 0.238. The minimum absolute atomic E-state index is 0.0676. The van der Waals surface area contributed by atoms with E-state index in [1.54, 1.807) is 18.0 Å². The first-order valence-corrected chi connectivity index (χ1v) is 8.28. The number of amides is 2. The molecule has 0 unspecified atom stereocenters. The van der Waals surface area contributed by atoms with E-state index >= 15 is 0 Å². The van der Waals surface area contributed by atoms with Gasteiger partial charge in [0.15, 0.2) is 0 Å². The van der Waals surface area contributed by atoms with E-state index in [9.17, 15) is 9.59 Å². The first kappa shape index (κ1) is 17.0. The number of hydrogen-bond acceptors (Lipinski definition) is 2. The van der Waals surface area contributed by atoms with Crippen LogP contribution >= 0.6 is 0 Å². The third-order valence-electron chi connectivity index (χ3n) is 4.64. The number of anilines is 2. The number of rotatable bonds is 3. The molecule has 1 aliphatic rings. The largest absolute Gasteiger partial charge is 0.322 e. The van der Waals surface area contributed by atoms with Crippen LogP contribution in [0.15, 0.2) is 48.5 Å². The molecule has 4 heteroatoms. The number of nitrogens with one attached hydrogen (secondary N) is 1. The Labute approximate surface area is 148 Å². The summed E-state index contributed by atoms with van der Waals surface area (Å²) in [6, 6.07) is 13.5. The van der Waals surface area contributed by atoms with Crippen LogP contribution in [0, 0.1) is 6.92 Å². The van der Waals surface area contributed by atoms with E-state index in [1.165, 1.54) is 6.08 Å². The number of likely N-dealkylation sites (N-methyl/N-ethyl adjacent to an activating group) is 1. The van der Waals surface area contributed by atoms with Crippen LogP contribution in [0.2, 0.25) is 0 Å². The van der Waals surface area contributed by atoms with Crippen LogP contribution in [0.3, 0.4) is 0 Å². The fourth-order valence-electron chi connectivity index (χ4n) is 3.33. The average molecular weight is 334 g/mol. The average Bonchev–Trinajstić information content (AvgIpc) is 2.75. The Bertz CT molecular complexity index is 867. The Hall–Kier alpha value is -2.88. The second kappa shape index (κ2) is 6.20. The molecule has 0 atom stereocenters. The van der Waals surface area contributed by atoms with Crippen molar-refractivity contribution >= 4 is 29.3 Å². The summed E-state index contributed by atoms with van der Waals surface area (Å²) in [5, 5.41) is 2.89. The van der Waals surface area contributed by atoms with Gasteiger partial charge in [-0.25, -0.2) is 0 Å². The third-order valence-corrected chi connectivity index (χ3v) is 4.64. The zero-order valence-corrected chi connectivity index (χ0v) is 15.0. The van der Waals surface area contributed by atoms with Crippen LogP contribution in [0.4, 0.5) is 11.4 Å². The van der Waals surface area contributed by atoms with Crippen LogP contribution < -0.4 is 10.2 Å². The predicted molar refractivity (Wildman–Crippen MR) is 102 cm³/mol. The molecule has 1 heterocycles. The lowest BCUT2D eigenvalue weighted by atomic mass is 9.85. The number of carbonyl (C=O) groups is 2. The van der Waals surface area contributed by atoms with E-state index < -0.39 is 5.41 Å². The molecule has 2 aromatic rings. The maximum absolute atomic E-state index is 12.5. The Balaban J connectivity index is 1.84. The summed E-state index contributed by atoms with van der Waals surface area (Å²) in [6.45, 7) is 5.79. The van der Waals surface area contributed by atoms with Gasteiger partial charge in [0.25, 0.3) is 0 Å². The number of carbonyl (C=O) groups excluding carboxylic acids is 2. The highest BCUT2D eigenvalue weighted by atomic mass is 16.2. The molecule has 4 nitrogen and oxygen atoms in total. The van der Waals surface area contributed by atoms with Crippen molar-refractivity contribution in [3.05, 3.63) is 65.2 Å². The molecule has 0 spiro atoms. The van der Waals surface area contributed by atoms with E-state index in [0.717, 1.165) is 22.4 Å². The highest BCUT2D eigenvalue weighted by Gasteiger charge is 2.43. The van der Waals surface area contributed by atoms with Crippen molar-refractivity contribution in [2.24, 2.45) is 0 Å². The standard InChI is InChI=1S/C21H22N2O2/c1-14-12-16(13-17-19(14)23(4)20(25)21(17,2)3)22-18(24)11-10-15-8-6-5-7-9-15/h5-13H,1-4H3,(H,22,24)/b11-10+. The summed E-state index contributed by atoms with van der Waals surface area (Å²) < 4.78 is 0. The highest BCUT2D eigenvalue weighted by Crippen LogP contribution is 2.44. The summed E-state index contributed by atoms with van der Waals surface area (Å²) in [5.74, 6) is -0.128. The van der Waals surface area contributed by atoms with Crippen LogP contribution in [-0.4, -0.2) is 18.9 Å². The van der Waals surface area contributed by atoms with Crippen molar-refractivity contribution in [1.29, 1.82) is 0 Å². The smallest absolute Gasteiger partial charge is 0.248 e. The molecule has 128 valence electrons. The van der Waals surface area contributed by atoms with Crippen molar-refractivity contribution in [1.82, 2.24) is 0 Å². The van der Waals surface area contributed by atoms with Gasteiger partial charge < -0.3 is 10.2 Å². The zero-order valence-electron chi connectivity index (χ0n) is 15.0. The molecule has 0 saturated carbocycles. The Morgan fingerprint density at radius 2 is 1.84 bits per heavy atom. The molecule has 1 aliphatic heterocycles. The molecule has 1 N–H and O–H groups in total. The second-order valence-electron chi connectivity index (χ2n) is 6.91. The molecule has 0 aromatic heterocycles. The SMILES string of the molecule is Cc1cc(NC(=O)/C=C/c2ccccc2)cc2c1N(C)C(=O)C2(C)C. The summed E-state index contributed by atoms with van der Waals surface area (Å²) in [4.78, 5) is 26.4. The molecule has 0 radical (unpaired) electrons. The molecule has 0 bridgehead atoms. The van der Waals surface area contributed by atoms with Gasteiger partial charge in [-0.15, -0.1) is 0 Å². The quantitative estimate of drug-likeness (QED) is 0.866. The number of hydrogen-bond donors (Lipinski definition) is 1. The Morgan fingerprint density at radius 3 is 2.52 bits per heavy atom. The summed E-state index contributed by atoms with van der Waals surface area (Å²) in [6.07, 6.45) is 3.29. The van der Waals surface area contributed by atoms with Gasteiger partial charge in [0.05, 0.1) is 11.1 Å². The molecule has 2 amide bonds. The minimum Gasteiger partial charge on any atom is -0.322 e. The lowest BCUT2D eigenvalue weighted by molar-refractivity contribution is -0.121. The van der Waals surface area contributed by atoms with Crippen molar-refractivity contribution in [3.63, 3.8) is 0 Å². The Kier molecular flexibility index (Phi) is 4.21. The topological polar surface area (TPSA) is 49.4 Å². The molecule has 25 heavy (non-hydrogen) atoms. The van der Waals surface area contributed by atoms with Gasteiger partial charge in [-0.1, -0.05) is 30.3 Å². The van der Waals surface area contributed by atoms with Gasteiger partial charge in [-0.2, -0.15) is 0 Å². The second-order valence-corrected chi connectivity index (χ2v) is 6.91. The normalized spacial score (nSPS) is 15.5. The number of fused-ring (bicyclic) bond motifs is 1. The molecule has 3 rings (SSSR count). The number of nitrogens with zero attached hydrogens (tertiary/aromatic N) is 1. The van der Waals surface area contributed by atoms with E-state index in [1.807, 2.05) is 63.2 Å². The van der Waals surface area contributed by atoms with Gasteiger partial charge in [0, 0.05) is 18.8 Å². The maximum Gasteiger partial charge on any atom is 0.248 e. The lowest BCUT2D eigenvalue weighted by Gasteiger charge is -2.17. The highest BCUT2D eigenvalue weighted by molar-refractivity contribution is 6.09. The maximum atomic E-state index is 12.5. The summed E-state index contributed by atoms with van der Waals surface area (Å²) in [5.41, 5.74) is 3.94. The van der Waals surface area contributed by atoms with E-state index in [-0.39, 0.29) is 11.8 Å². The van der Waals surface area contributed by atoms with E-state index in [2.05, 4.69) is 5.32 Å². The van der Waals surface area contributed by atoms with Crippen molar-refractivity contribution in [3.8, 4) is 0 Å². The fourth-order valence-corrected chi connectivity index (χ4v) is 3.33. The van der Waals surface area contributed by atoms with Crippen LogP contribution in [0.1, 0.15) is 30.5 Å². The first-order chi connectivity index (χ1) is 11.8. The molecule has 0 aliphatic carbocycles. The van der Waals surface area contributed by atoms with Crippen LogP contribution in [0.25, 0.3) is 6.08 Å². The van der Waals surface area contributed by atoms with Crippen molar-refractivity contribution in [2.45, 2.75) is 26.2 Å². The van der Waals surface area contributed by atoms with Crippen LogP contribution in [0.5, 0.6) is 0 Å². The molecule has 2 aromatic carbocycles. The lowest BCUT2D eigenvalue weighted by Crippen LogP contribution is -2.33. The van der Waals surface area contributed by atoms with E-state index in [4.69, 9.17) is 0 Å². The summed E-state index contributed by atoms with van der Waals surface area (Å²) >= 11 is 0. The zero-order chi connectivity index (χ0) is 18.2. The van der Waals surface area contributed by atoms with Crippen molar-refractivity contribution in [2.75, 3.05) is 17.3 Å². The number of benzene rings is 2. The van der Waals surface area contributed by atoms with Gasteiger partial charge in [-0.05, 0) is 55.7 Å². The van der Waals surface area contributed by atoms with Gasteiger partial charge >= 0.3 is 0 Å². The third kappa shape index (κ3) is 3.07. The Morgan fingerprint density at radius 1 is 1.16 bits per heavy atom. The summed E-state index contributed by atoms with van der Waals surface area (Å²) in [7, 11) is 1.80.